The highest BCUT2D eigenvalue weighted by Gasteiger charge is 2.10. The quantitative estimate of drug-likeness (QED) is 0.557. The third-order valence-electron chi connectivity index (χ3n) is 3.09. The number of aromatic nitrogens is 2. The fourth-order valence-electron chi connectivity index (χ4n) is 2.19. The van der Waals surface area contributed by atoms with Gasteiger partial charge in [-0.15, -0.1) is 11.6 Å². The molecule has 0 fully saturated rings. The van der Waals surface area contributed by atoms with E-state index < -0.39 is 0 Å². The van der Waals surface area contributed by atoms with E-state index >= 15 is 0 Å². The second-order valence-electron chi connectivity index (χ2n) is 4.46. The summed E-state index contributed by atoms with van der Waals surface area (Å²) < 4.78 is 2.26. The summed E-state index contributed by atoms with van der Waals surface area (Å²) in [7, 11) is 0. The van der Waals surface area contributed by atoms with Gasteiger partial charge in [0.1, 0.15) is 5.82 Å². The molecule has 4 heteroatoms. The Bertz CT molecular complexity index is 520. The highest BCUT2D eigenvalue weighted by atomic mass is 35.5. The van der Waals surface area contributed by atoms with Crippen LogP contribution >= 0.6 is 23.2 Å². The first-order valence-corrected chi connectivity index (χ1v) is 7.38. The Morgan fingerprint density at radius 2 is 2.11 bits per heavy atom. The summed E-state index contributed by atoms with van der Waals surface area (Å²) in [5.74, 6) is 1.67. The Labute approximate surface area is 118 Å². The minimum atomic E-state index is 0.602. The maximum Gasteiger partial charge on any atom is 0.111 e. The lowest BCUT2D eigenvalue weighted by molar-refractivity contribution is 0.594. The highest BCUT2D eigenvalue weighted by Crippen LogP contribution is 2.22. The molecule has 1 aromatic carbocycles. The van der Waals surface area contributed by atoms with Crippen molar-refractivity contribution in [3.63, 3.8) is 0 Å². The second-order valence-corrected chi connectivity index (χ2v) is 5.27. The van der Waals surface area contributed by atoms with Gasteiger partial charge in [-0.2, -0.15) is 0 Å². The summed E-state index contributed by atoms with van der Waals surface area (Å²) in [5.41, 5.74) is 2.13. The Hall–Kier alpha value is -0.730. The van der Waals surface area contributed by atoms with Crippen molar-refractivity contribution >= 4 is 34.2 Å². The lowest BCUT2D eigenvalue weighted by atomic mass is 10.2. The molecule has 0 atom stereocenters. The summed E-state index contributed by atoms with van der Waals surface area (Å²) in [5, 5.41) is 0.761. The second kappa shape index (κ2) is 6.44. The number of rotatable bonds is 6. The lowest BCUT2D eigenvalue weighted by Gasteiger charge is -2.08. The van der Waals surface area contributed by atoms with Crippen LogP contribution in [0.1, 0.15) is 32.0 Å². The molecule has 1 aromatic heterocycles. The molecule has 2 aromatic rings. The standard InChI is InChI=1S/C14H18Cl2N2/c1-2-3-4-9-18-13-10-11(16)5-6-12(13)17-14(18)7-8-15/h5-6,10H,2-4,7-9H2,1H3. The molecule has 1 heterocycles. The van der Waals surface area contributed by atoms with Crippen molar-refractivity contribution in [3.8, 4) is 0 Å². The van der Waals surface area contributed by atoms with Gasteiger partial charge in [-0.05, 0) is 24.6 Å². The van der Waals surface area contributed by atoms with Gasteiger partial charge in [0.2, 0.25) is 0 Å². The molecule has 0 unspecified atom stereocenters. The number of hydrogen-bond donors (Lipinski definition) is 0. The predicted molar refractivity (Wildman–Crippen MR) is 78.7 cm³/mol. The van der Waals surface area contributed by atoms with Crippen LogP contribution < -0.4 is 0 Å². The van der Waals surface area contributed by atoms with Crippen LogP contribution in [0, 0.1) is 0 Å². The van der Waals surface area contributed by atoms with Crippen molar-refractivity contribution in [2.75, 3.05) is 5.88 Å². The third-order valence-corrected chi connectivity index (χ3v) is 3.52. The fourth-order valence-corrected chi connectivity index (χ4v) is 2.53. The Morgan fingerprint density at radius 1 is 1.28 bits per heavy atom. The van der Waals surface area contributed by atoms with E-state index in [1.54, 1.807) is 0 Å². The summed E-state index contributed by atoms with van der Waals surface area (Å²) in [4.78, 5) is 4.64. The zero-order valence-corrected chi connectivity index (χ0v) is 12.1. The molecule has 0 aliphatic carbocycles. The number of aryl methyl sites for hydroxylation is 2. The molecular formula is C14H18Cl2N2. The third kappa shape index (κ3) is 2.99. The first kappa shape index (κ1) is 13.7. The summed E-state index contributed by atoms with van der Waals surface area (Å²) in [6.07, 6.45) is 4.43. The van der Waals surface area contributed by atoms with Gasteiger partial charge in [0, 0.05) is 23.9 Å². The van der Waals surface area contributed by atoms with E-state index in [4.69, 9.17) is 23.2 Å². The molecule has 0 amide bonds. The van der Waals surface area contributed by atoms with Gasteiger partial charge in [0.05, 0.1) is 11.0 Å². The summed E-state index contributed by atoms with van der Waals surface area (Å²) in [6.45, 7) is 3.21. The number of unbranched alkanes of at least 4 members (excludes halogenated alkanes) is 2. The molecule has 0 spiro atoms. The molecule has 2 nitrogen and oxygen atoms in total. The van der Waals surface area contributed by atoms with E-state index in [1.165, 1.54) is 19.3 Å². The number of imidazole rings is 1. The number of fused-ring (bicyclic) bond motifs is 1. The van der Waals surface area contributed by atoms with Crippen molar-refractivity contribution < 1.29 is 0 Å². The first-order chi connectivity index (χ1) is 8.76. The van der Waals surface area contributed by atoms with Gasteiger partial charge in [-0.25, -0.2) is 4.98 Å². The smallest absolute Gasteiger partial charge is 0.111 e. The van der Waals surface area contributed by atoms with Crippen LogP contribution in [0.2, 0.25) is 5.02 Å². The maximum atomic E-state index is 6.07. The van der Waals surface area contributed by atoms with Gasteiger partial charge in [0.25, 0.3) is 0 Å². The molecule has 0 N–H and O–H groups in total. The number of benzene rings is 1. The molecule has 0 saturated carbocycles. The predicted octanol–water partition coefficient (Wildman–Crippen LogP) is 4.66. The average Bonchev–Trinajstić information content (AvgIpc) is 2.68. The van der Waals surface area contributed by atoms with Crippen molar-refractivity contribution in [1.82, 2.24) is 9.55 Å². The van der Waals surface area contributed by atoms with Gasteiger partial charge in [-0.1, -0.05) is 31.4 Å². The van der Waals surface area contributed by atoms with Crippen molar-refractivity contribution in [1.29, 1.82) is 0 Å². The van der Waals surface area contributed by atoms with Crippen molar-refractivity contribution in [3.05, 3.63) is 29.0 Å². The molecular weight excluding hydrogens is 267 g/mol. The lowest BCUT2D eigenvalue weighted by Crippen LogP contribution is -2.04. The van der Waals surface area contributed by atoms with E-state index in [0.29, 0.717) is 5.88 Å². The Kier molecular flexibility index (Phi) is 4.90. The SMILES string of the molecule is CCCCCn1c(CCCl)nc2ccc(Cl)cc21. The number of alkyl halides is 1. The molecule has 0 radical (unpaired) electrons. The molecule has 98 valence electrons. The minimum absolute atomic E-state index is 0.602. The topological polar surface area (TPSA) is 17.8 Å². The van der Waals surface area contributed by atoms with Gasteiger partial charge < -0.3 is 4.57 Å². The number of hydrogen-bond acceptors (Lipinski definition) is 1. The largest absolute Gasteiger partial charge is 0.328 e. The van der Waals surface area contributed by atoms with E-state index in [9.17, 15) is 0 Å². The monoisotopic (exact) mass is 284 g/mol. The van der Waals surface area contributed by atoms with Gasteiger partial charge >= 0.3 is 0 Å². The van der Waals surface area contributed by atoms with Crippen LogP contribution in [-0.2, 0) is 13.0 Å². The molecule has 0 saturated heterocycles. The van der Waals surface area contributed by atoms with Crippen LogP contribution in [0.5, 0.6) is 0 Å². The molecule has 2 rings (SSSR count). The fraction of sp³-hybridized carbons (Fsp3) is 0.500. The summed E-state index contributed by atoms with van der Waals surface area (Å²) >= 11 is 11.9. The summed E-state index contributed by atoms with van der Waals surface area (Å²) in [6, 6.07) is 5.86. The zero-order chi connectivity index (χ0) is 13.0. The minimum Gasteiger partial charge on any atom is -0.328 e. The molecule has 18 heavy (non-hydrogen) atoms. The van der Waals surface area contributed by atoms with Crippen LogP contribution in [-0.4, -0.2) is 15.4 Å². The Balaban J connectivity index is 2.36. The van der Waals surface area contributed by atoms with Gasteiger partial charge in [0.15, 0.2) is 0 Å². The molecule has 0 aliphatic heterocycles. The van der Waals surface area contributed by atoms with E-state index in [0.717, 1.165) is 34.8 Å². The van der Waals surface area contributed by atoms with Crippen LogP contribution in [0.4, 0.5) is 0 Å². The molecule has 0 aliphatic rings. The van der Waals surface area contributed by atoms with Crippen LogP contribution in [0.25, 0.3) is 11.0 Å². The van der Waals surface area contributed by atoms with E-state index in [1.807, 2.05) is 18.2 Å². The zero-order valence-electron chi connectivity index (χ0n) is 10.6. The maximum absolute atomic E-state index is 6.07. The van der Waals surface area contributed by atoms with E-state index in [-0.39, 0.29) is 0 Å². The Morgan fingerprint density at radius 3 is 2.83 bits per heavy atom. The van der Waals surface area contributed by atoms with Gasteiger partial charge in [-0.3, -0.25) is 0 Å². The van der Waals surface area contributed by atoms with Crippen LogP contribution in [0.15, 0.2) is 18.2 Å². The first-order valence-electron chi connectivity index (χ1n) is 6.47. The van der Waals surface area contributed by atoms with Crippen LogP contribution in [0.3, 0.4) is 0 Å². The average molecular weight is 285 g/mol. The molecule has 0 bridgehead atoms. The van der Waals surface area contributed by atoms with Crippen molar-refractivity contribution in [2.45, 2.75) is 39.2 Å². The van der Waals surface area contributed by atoms with E-state index in [2.05, 4.69) is 16.5 Å². The highest BCUT2D eigenvalue weighted by molar-refractivity contribution is 6.31. The number of halogens is 2. The van der Waals surface area contributed by atoms with Crippen molar-refractivity contribution in [2.24, 2.45) is 0 Å². The number of nitrogens with zero attached hydrogens (tertiary/aromatic N) is 2. The normalized spacial score (nSPS) is 11.3.